The lowest BCUT2D eigenvalue weighted by molar-refractivity contribution is 0.179. The first-order valence-electron chi connectivity index (χ1n) is 5.10. The Kier molecular flexibility index (Phi) is 4.15. The van der Waals surface area contributed by atoms with Gasteiger partial charge in [-0.1, -0.05) is 0 Å². The van der Waals surface area contributed by atoms with E-state index in [1.807, 2.05) is 17.5 Å². The summed E-state index contributed by atoms with van der Waals surface area (Å²) in [6.45, 7) is 0. The van der Waals surface area contributed by atoms with Crippen LogP contribution in [0.5, 0.6) is 5.88 Å². The molecule has 0 fully saturated rings. The highest BCUT2D eigenvalue weighted by molar-refractivity contribution is 9.10. The van der Waals surface area contributed by atoms with Gasteiger partial charge in [0.2, 0.25) is 5.88 Å². The van der Waals surface area contributed by atoms with Crippen molar-refractivity contribution < 1.29 is 9.84 Å². The van der Waals surface area contributed by atoms with E-state index in [4.69, 9.17) is 4.74 Å². The monoisotopic (exact) mass is 313 g/mol. The summed E-state index contributed by atoms with van der Waals surface area (Å²) in [5, 5.41) is 12.1. The molecule has 1 unspecified atom stereocenters. The summed E-state index contributed by atoms with van der Waals surface area (Å²) in [7, 11) is 1.57. The smallest absolute Gasteiger partial charge is 0.212 e. The van der Waals surface area contributed by atoms with Gasteiger partial charge in [-0.05, 0) is 33.6 Å². The molecule has 0 bridgehead atoms. The average molecular weight is 314 g/mol. The summed E-state index contributed by atoms with van der Waals surface area (Å²) in [6.07, 6.45) is 1.72. The molecule has 0 aliphatic heterocycles. The van der Waals surface area contributed by atoms with Gasteiger partial charge in [0.1, 0.15) is 0 Å². The minimum Gasteiger partial charge on any atom is -0.481 e. The summed E-state index contributed by atoms with van der Waals surface area (Å²) in [6, 6.07) is 5.60. The molecule has 90 valence electrons. The van der Waals surface area contributed by atoms with E-state index in [9.17, 15) is 5.11 Å². The first-order chi connectivity index (χ1) is 8.19. The molecular formula is C12H12BrNO2S. The number of hydrogen-bond donors (Lipinski definition) is 1. The summed E-state index contributed by atoms with van der Waals surface area (Å²) in [5.41, 5.74) is 0.801. The van der Waals surface area contributed by atoms with E-state index in [0.717, 1.165) is 14.9 Å². The normalized spacial score (nSPS) is 12.4. The van der Waals surface area contributed by atoms with Crippen LogP contribution in [0.1, 0.15) is 16.5 Å². The van der Waals surface area contributed by atoms with Gasteiger partial charge in [-0.15, -0.1) is 11.3 Å². The maximum absolute atomic E-state index is 10.1. The molecule has 2 aromatic heterocycles. The third-order valence-electron chi connectivity index (χ3n) is 2.37. The highest BCUT2D eigenvalue weighted by atomic mass is 79.9. The number of pyridine rings is 1. The quantitative estimate of drug-likeness (QED) is 0.942. The van der Waals surface area contributed by atoms with E-state index in [2.05, 4.69) is 20.9 Å². The standard InChI is InChI=1S/C12H12BrNO2S/c1-16-12-3-2-8(6-14-12)11(15)5-10-4-9(13)7-17-10/h2-4,6-7,11,15H,5H2,1H3. The van der Waals surface area contributed by atoms with Crippen LogP contribution in [-0.2, 0) is 6.42 Å². The zero-order chi connectivity index (χ0) is 12.3. The topological polar surface area (TPSA) is 42.4 Å². The number of rotatable bonds is 4. The Morgan fingerprint density at radius 3 is 2.88 bits per heavy atom. The predicted octanol–water partition coefficient (Wildman–Crippen LogP) is 3.19. The van der Waals surface area contributed by atoms with Gasteiger partial charge in [-0.25, -0.2) is 4.98 Å². The van der Waals surface area contributed by atoms with E-state index < -0.39 is 6.10 Å². The molecule has 17 heavy (non-hydrogen) atoms. The van der Waals surface area contributed by atoms with Gasteiger partial charge in [0.15, 0.2) is 0 Å². The minimum absolute atomic E-state index is 0.529. The van der Waals surface area contributed by atoms with Crippen LogP contribution < -0.4 is 4.74 Å². The van der Waals surface area contributed by atoms with Crippen molar-refractivity contribution in [2.75, 3.05) is 7.11 Å². The molecule has 1 atom stereocenters. The fraction of sp³-hybridized carbons (Fsp3) is 0.250. The van der Waals surface area contributed by atoms with Crippen molar-refractivity contribution in [3.05, 3.63) is 44.7 Å². The van der Waals surface area contributed by atoms with Crippen LogP contribution in [0, 0.1) is 0 Å². The Bertz CT molecular complexity index is 484. The number of aliphatic hydroxyl groups is 1. The molecule has 3 nitrogen and oxygen atoms in total. The number of ether oxygens (including phenoxy) is 1. The lowest BCUT2D eigenvalue weighted by Crippen LogP contribution is -2.01. The van der Waals surface area contributed by atoms with Crippen molar-refractivity contribution in [1.29, 1.82) is 0 Å². The van der Waals surface area contributed by atoms with Crippen LogP contribution in [0.2, 0.25) is 0 Å². The van der Waals surface area contributed by atoms with Crippen LogP contribution in [0.25, 0.3) is 0 Å². The fourth-order valence-electron chi connectivity index (χ4n) is 1.48. The lowest BCUT2D eigenvalue weighted by Gasteiger charge is -2.09. The van der Waals surface area contributed by atoms with Gasteiger partial charge in [0, 0.05) is 33.4 Å². The summed E-state index contributed by atoms with van der Waals surface area (Å²) < 4.78 is 6.03. The molecule has 1 N–H and O–H groups in total. The summed E-state index contributed by atoms with van der Waals surface area (Å²) in [5.74, 6) is 0.555. The maximum atomic E-state index is 10.1. The third kappa shape index (κ3) is 3.28. The van der Waals surface area contributed by atoms with Gasteiger partial charge >= 0.3 is 0 Å². The molecule has 0 saturated heterocycles. The van der Waals surface area contributed by atoms with E-state index >= 15 is 0 Å². The van der Waals surface area contributed by atoms with Crippen molar-refractivity contribution in [2.45, 2.75) is 12.5 Å². The average Bonchev–Trinajstić information content (AvgIpc) is 2.75. The minimum atomic E-state index is -0.529. The van der Waals surface area contributed by atoms with Gasteiger partial charge in [-0.2, -0.15) is 0 Å². The Balaban J connectivity index is 2.06. The fourth-order valence-corrected chi connectivity index (χ4v) is 2.97. The molecule has 0 radical (unpaired) electrons. The van der Waals surface area contributed by atoms with E-state index in [0.29, 0.717) is 12.3 Å². The molecule has 2 heterocycles. The molecule has 0 amide bonds. The molecule has 5 heteroatoms. The van der Waals surface area contributed by atoms with Crippen molar-refractivity contribution in [3.63, 3.8) is 0 Å². The molecule has 0 saturated carbocycles. The van der Waals surface area contributed by atoms with E-state index in [1.54, 1.807) is 30.7 Å². The maximum Gasteiger partial charge on any atom is 0.212 e. The Morgan fingerprint density at radius 2 is 2.35 bits per heavy atom. The molecule has 0 aromatic carbocycles. The van der Waals surface area contributed by atoms with Crippen molar-refractivity contribution >= 4 is 27.3 Å². The number of methoxy groups -OCH3 is 1. The van der Waals surface area contributed by atoms with Crippen molar-refractivity contribution in [3.8, 4) is 5.88 Å². The molecule has 2 rings (SSSR count). The van der Waals surface area contributed by atoms with Gasteiger partial charge in [0.05, 0.1) is 13.2 Å². The van der Waals surface area contributed by atoms with Crippen LogP contribution in [0.4, 0.5) is 0 Å². The molecular weight excluding hydrogens is 302 g/mol. The molecule has 0 aliphatic rings. The van der Waals surface area contributed by atoms with Crippen LogP contribution in [0.15, 0.2) is 34.2 Å². The second-order valence-corrected chi connectivity index (χ2v) is 5.50. The van der Waals surface area contributed by atoms with Crippen molar-refractivity contribution in [1.82, 2.24) is 4.98 Å². The van der Waals surface area contributed by atoms with Gasteiger partial charge in [0.25, 0.3) is 0 Å². The summed E-state index contributed by atoms with van der Waals surface area (Å²) >= 11 is 5.03. The van der Waals surface area contributed by atoms with Crippen LogP contribution >= 0.6 is 27.3 Å². The molecule has 0 aliphatic carbocycles. The zero-order valence-electron chi connectivity index (χ0n) is 9.26. The number of aromatic nitrogens is 1. The van der Waals surface area contributed by atoms with E-state index in [-0.39, 0.29) is 0 Å². The third-order valence-corrected chi connectivity index (χ3v) is 4.09. The SMILES string of the molecule is COc1ccc(C(O)Cc2cc(Br)cs2)cn1. The second-order valence-electron chi connectivity index (χ2n) is 3.59. The lowest BCUT2D eigenvalue weighted by atomic mass is 10.1. The van der Waals surface area contributed by atoms with Gasteiger partial charge < -0.3 is 9.84 Å². The first kappa shape index (κ1) is 12.5. The number of halogens is 1. The number of thiophene rings is 1. The Hall–Kier alpha value is -0.910. The highest BCUT2D eigenvalue weighted by Crippen LogP contribution is 2.25. The number of aliphatic hydroxyl groups excluding tert-OH is 1. The highest BCUT2D eigenvalue weighted by Gasteiger charge is 2.10. The zero-order valence-corrected chi connectivity index (χ0v) is 11.7. The van der Waals surface area contributed by atoms with Gasteiger partial charge in [-0.3, -0.25) is 0 Å². The van der Waals surface area contributed by atoms with Crippen LogP contribution in [-0.4, -0.2) is 17.2 Å². The molecule has 2 aromatic rings. The largest absolute Gasteiger partial charge is 0.481 e. The number of hydrogen-bond acceptors (Lipinski definition) is 4. The van der Waals surface area contributed by atoms with Crippen LogP contribution in [0.3, 0.4) is 0 Å². The second kappa shape index (κ2) is 5.62. The van der Waals surface area contributed by atoms with Crippen molar-refractivity contribution in [2.24, 2.45) is 0 Å². The summed E-state index contributed by atoms with van der Waals surface area (Å²) in [4.78, 5) is 5.22. The first-order valence-corrected chi connectivity index (χ1v) is 6.77. The number of nitrogens with zero attached hydrogens (tertiary/aromatic N) is 1. The molecule has 0 spiro atoms. The Morgan fingerprint density at radius 1 is 1.53 bits per heavy atom. The predicted molar refractivity (Wildman–Crippen MR) is 71.5 cm³/mol. The Labute approximate surface area is 112 Å². The van der Waals surface area contributed by atoms with E-state index in [1.165, 1.54) is 0 Å².